The molecule has 0 spiro atoms. The van der Waals surface area contributed by atoms with E-state index in [9.17, 15) is 19.8 Å². The molecule has 0 bridgehead atoms. The fraction of sp³-hybridized carbons (Fsp3) is 0.800. The molecule has 5 nitrogen and oxygen atoms in total. The van der Waals surface area contributed by atoms with E-state index in [2.05, 4.69) is 6.92 Å². The number of carboxylic acids is 1. The van der Waals surface area contributed by atoms with Crippen LogP contribution in [0, 0.1) is 11.8 Å². The number of ketones is 1. The van der Waals surface area contributed by atoms with Gasteiger partial charge in [0.25, 0.3) is 0 Å². The summed E-state index contributed by atoms with van der Waals surface area (Å²) in [7, 11) is 0. The molecule has 1 fully saturated rings. The second-order valence-corrected chi connectivity index (χ2v) is 7.22. The molecule has 0 amide bonds. The third-order valence-electron chi connectivity index (χ3n) is 5.05. The van der Waals surface area contributed by atoms with Gasteiger partial charge < -0.3 is 15.3 Å². The number of aliphatic hydroxyl groups excluding tert-OH is 2. The summed E-state index contributed by atoms with van der Waals surface area (Å²) in [6.07, 6.45) is 10.7. The minimum Gasteiger partial charge on any atom is -0.481 e. The summed E-state index contributed by atoms with van der Waals surface area (Å²) in [5.41, 5.74) is 0. The van der Waals surface area contributed by atoms with Gasteiger partial charge in [0.15, 0.2) is 0 Å². The Morgan fingerprint density at radius 1 is 1.20 bits per heavy atom. The Labute approximate surface area is 151 Å². The summed E-state index contributed by atoms with van der Waals surface area (Å²) >= 11 is 0. The van der Waals surface area contributed by atoms with Crippen molar-refractivity contribution in [3.05, 3.63) is 12.2 Å². The van der Waals surface area contributed by atoms with Gasteiger partial charge in [0.05, 0.1) is 12.2 Å². The fourth-order valence-corrected chi connectivity index (χ4v) is 3.54. The fourth-order valence-electron chi connectivity index (χ4n) is 3.54. The molecule has 144 valence electrons. The van der Waals surface area contributed by atoms with Crippen molar-refractivity contribution >= 4 is 11.8 Å². The van der Waals surface area contributed by atoms with E-state index >= 15 is 0 Å². The number of Topliss-reactive ketones (excluding diaryl/α,β-unsaturated/α-hetero) is 1. The molecular weight excluding hydrogens is 320 g/mol. The zero-order valence-corrected chi connectivity index (χ0v) is 15.4. The Bertz CT molecular complexity index is 432. The Hall–Kier alpha value is -1.20. The standard InChI is InChI=1S/C20H34O5/c1-2-3-6-9-15(21)12-13-17-16(18(22)14-19(17)23)10-7-4-5-8-11-20(24)25/h12-13,15-17,19,21,23H,2-11,14H2,1H3,(H,24,25)/t15-,16?,17?,19?/m0/s1. The molecule has 0 aromatic rings. The molecule has 0 aliphatic heterocycles. The molecule has 1 aliphatic carbocycles. The molecule has 0 aromatic heterocycles. The number of unbranched alkanes of at least 4 members (excludes halogenated alkanes) is 5. The van der Waals surface area contributed by atoms with E-state index < -0.39 is 18.2 Å². The van der Waals surface area contributed by atoms with Crippen molar-refractivity contribution in [2.75, 3.05) is 0 Å². The largest absolute Gasteiger partial charge is 0.481 e. The van der Waals surface area contributed by atoms with E-state index in [1.54, 1.807) is 6.08 Å². The number of aliphatic carboxylic acids is 1. The van der Waals surface area contributed by atoms with Crippen LogP contribution in [0.3, 0.4) is 0 Å². The van der Waals surface area contributed by atoms with Crippen LogP contribution in [-0.4, -0.2) is 39.3 Å². The van der Waals surface area contributed by atoms with Crippen LogP contribution >= 0.6 is 0 Å². The number of carboxylic acid groups (broad SMARTS) is 1. The zero-order valence-electron chi connectivity index (χ0n) is 15.4. The highest BCUT2D eigenvalue weighted by Crippen LogP contribution is 2.34. The minimum atomic E-state index is -0.767. The van der Waals surface area contributed by atoms with Gasteiger partial charge in [0, 0.05) is 24.7 Å². The molecule has 0 saturated heterocycles. The van der Waals surface area contributed by atoms with E-state index in [0.29, 0.717) is 6.42 Å². The van der Waals surface area contributed by atoms with Gasteiger partial charge in [0.2, 0.25) is 0 Å². The molecule has 3 unspecified atom stereocenters. The molecule has 4 atom stereocenters. The lowest BCUT2D eigenvalue weighted by molar-refractivity contribution is -0.137. The monoisotopic (exact) mass is 354 g/mol. The predicted octanol–water partition coefficient (Wildman–Crippen LogP) is 3.48. The summed E-state index contributed by atoms with van der Waals surface area (Å²) in [4.78, 5) is 22.6. The van der Waals surface area contributed by atoms with E-state index in [0.717, 1.165) is 51.4 Å². The number of aliphatic hydroxyl groups is 2. The van der Waals surface area contributed by atoms with Crippen LogP contribution in [0.5, 0.6) is 0 Å². The van der Waals surface area contributed by atoms with Crippen molar-refractivity contribution in [2.45, 2.75) is 89.8 Å². The van der Waals surface area contributed by atoms with E-state index in [1.807, 2.05) is 6.08 Å². The maximum atomic E-state index is 12.1. The van der Waals surface area contributed by atoms with Crippen LogP contribution < -0.4 is 0 Å². The third-order valence-corrected chi connectivity index (χ3v) is 5.05. The number of carbonyl (C=O) groups is 2. The van der Waals surface area contributed by atoms with Crippen molar-refractivity contribution in [1.29, 1.82) is 0 Å². The predicted molar refractivity (Wildman–Crippen MR) is 97.2 cm³/mol. The highest BCUT2D eigenvalue weighted by Gasteiger charge is 2.39. The van der Waals surface area contributed by atoms with Crippen molar-refractivity contribution in [3.63, 3.8) is 0 Å². The van der Waals surface area contributed by atoms with Crippen LogP contribution in [0.1, 0.15) is 77.6 Å². The van der Waals surface area contributed by atoms with Gasteiger partial charge in [-0.2, -0.15) is 0 Å². The van der Waals surface area contributed by atoms with Crippen molar-refractivity contribution in [3.8, 4) is 0 Å². The molecule has 0 radical (unpaired) electrons. The number of carbonyl (C=O) groups excluding carboxylic acids is 1. The third kappa shape index (κ3) is 8.63. The van der Waals surface area contributed by atoms with Crippen LogP contribution in [-0.2, 0) is 9.59 Å². The van der Waals surface area contributed by atoms with Crippen LogP contribution in [0.4, 0.5) is 0 Å². The zero-order chi connectivity index (χ0) is 18.7. The molecule has 1 saturated carbocycles. The van der Waals surface area contributed by atoms with Gasteiger partial charge >= 0.3 is 5.97 Å². The summed E-state index contributed by atoms with van der Waals surface area (Å²) in [5, 5.41) is 28.7. The SMILES string of the molecule is CCCCC[C@H](O)C=CC1C(O)CC(=O)C1CCCCCCC(=O)O. The lowest BCUT2D eigenvalue weighted by Gasteiger charge is -2.18. The molecule has 0 aromatic carbocycles. The summed E-state index contributed by atoms with van der Waals surface area (Å²) in [5.74, 6) is -1.04. The Kier molecular flexibility index (Phi) is 10.7. The first-order chi connectivity index (χ1) is 12.0. The van der Waals surface area contributed by atoms with E-state index in [4.69, 9.17) is 5.11 Å². The topological polar surface area (TPSA) is 94.8 Å². The normalized spacial score (nSPS) is 24.9. The van der Waals surface area contributed by atoms with Gasteiger partial charge in [-0.25, -0.2) is 0 Å². The van der Waals surface area contributed by atoms with Crippen molar-refractivity contribution < 1.29 is 24.9 Å². The smallest absolute Gasteiger partial charge is 0.303 e. The second kappa shape index (κ2) is 12.2. The lowest BCUT2D eigenvalue weighted by Crippen LogP contribution is -2.19. The summed E-state index contributed by atoms with van der Waals surface area (Å²) < 4.78 is 0. The lowest BCUT2D eigenvalue weighted by atomic mass is 9.88. The average Bonchev–Trinajstić information content (AvgIpc) is 2.82. The molecule has 25 heavy (non-hydrogen) atoms. The van der Waals surface area contributed by atoms with Gasteiger partial charge in [-0.05, 0) is 19.3 Å². The Morgan fingerprint density at radius 3 is 2.60 bits per heavy atom. The molecule has 5 heteroatoms. The van der Waals surface area contributed by atoms with Crippen molar-refractivity contribution in [1.82, 2.24) is 0 Å². The van der Waals surface area contributed by atoms with E-state index in [-0.39, 0.29) is 30.5 Å². The van der Waals surface area contributed by atoms with Gasteiger partial charge in [0.1, 0.15) is 5.78 Å². The number of hydrogen-bond acceptors (Lipinski definition) is 4. The van der Waals surface area contributed by atoms with Gasteiger partial charge in [-0.15, -0.1) is 0 Å². The first-order valence-corrected chi connectivity index (χ1v) is 9.74. The Balaban J connectivity index is 2.39. The number of rotatable bonds is 13. The van der Waals surface area contributed by atoms with Crippen molar-refractivity contribution in [2.24, 2.45) is 11.8 Å². The average molecular weight is 354 g/mol. The molecular formula is C20H34O5. The maximum Gasteiger partial charge on any atom is 0.303 e. The summed E-state index contributed by atoms with van der Waals surface area (Å²) in [6.45, 7) is 2.12. The molecule has 0 heterocycles. The highest BCUT2D eigenvalue weighted by atomic mass is 16.4. The maximum absolute atomic E-state index is 12.1. The van der Waals surface area contributed by atoms with Crippen LogP contribution in [0.15, 0.2) is 12.2 Å². The first kappa shape index (κ1) is 21.8. The molecule has 1 aliphatic rings. The quantitative estimate of drug-likeness (QED) is 0.348. The summed E-state index contributed by atoms with van der Waals surface area (Å²) in [6, 6.07) is 0. The molecule has 1 rings (SSSR count). The highest BCUT2D eigenvalue weighted by molar-refractivity contribution is 5.84. The second-order valence-electron chi connectivity index (χ2n) is 7.22. The number of hydrogen-bond donors (Lipinski definition) is 3. The van der Waals surface area contributed by atoms with Crippen LogP contribution in [0.25, 0.3) is 0 Å². The Morgan fingerprint density at radius 2 is 1.92 bits per heavy atom. The van der Waals surface area contributed by atoms with Gasteiger partial charge in [-0.3, -0.25) is 9.59 Å². The first-order valence-electron chi connectivity index (χ1n) is 9.74. The molecule has 3 N–H and O–H groups in total. The minimum absolute atomic E-state index is 0.105. The van der Waals surface area contributed by atoms with Gasteiger partial charge in [-0.1, -0.05) is 57.6 Å². The van der Waals surface area contributed by atoms with Crippen LogP contribution in [0.2, 0.25) is 0 Å². The van der Waals surface area contributed by atoms with E-state index in [1.165, 1.54) is 0 Å².